The van der Waals surface area contributed by atoms with Crippen LogP contribution in [0.1, 0.15) is 49.7 Å². The molecule has 3 nitrogen and oxygen atoms in total. The zero-order valence-corrected chi connectivity index (χ0v) is 12.1. The highest BCUT2D eigenvalue weighted by Crippen LogP contribution is 2.20. The normalized spacial score (nSPS) is 22.0. The van der Waals surface area contributed by atoms with Crippen LogP contribution in [0.4, 0.5) is 0 Å². The predicted octanol–water partition coefficient (Wildman–Crippen LogP) is 2.83. The number of aromatic nitrogens is 1. The zero-order valence-electron chi connectivity index (χ0n) is 11.3. The molecule has 0 amide bonds. The van der Waals surface area contributed by atoms with Gasteiger partial charge in [-0.05, 0) is 32.2 Å². The van der Waals surface area contributed by atoms with Crippen LogP contribution in [0, 0.1) is 0 Å². The van der Waals surface area contributed by atoms with Crippen LogP contribution in [-0.2, 0) is 13.0 Å². The zero-order chi connectivity index (χ0) is 12.8. The average Bonchev–Trinajstić information content (AvgIpc) is 2.69. The minimum absolute atomic E-state index is 0.284. The summed E-state index contributed by atoms with van der Waals surface area (Å²) >= 11 is 1.78. The highest BCUT2D eigenvalue weighted by Gasteiger charge is 2.20. The molecule has 102 valence electrons. The number of hydrogen-bond donors (Lipinski definition) is 1. The molecule has 2 heterocycles. The average molecular weight is 268 g/mol. The number of rotatable bonds is 5. The van der Waals surface area contributed by atoms with Crippen molar-refractivity contribution in [2.45, 2.75) is 58.0 Å². The van der Waals surface area contributed by atoms with Gasteiger partial charge in [-0.25, -0.2) is 4.98 Å². The maximum atomic E-state index is 9.49. The summed E-state index contributed by atoms with van der Waals surface area (Å²) < 4.78 is 0. The minimum Gasteiger partial charge on any atom is -0.395 e. The van der Waals surface area contributed by atoms with E-state index in [2.05, 4.69) is 22.2 Å². The number of aliphatic hydroxyl groups is 1. The molecule has 1 aromatic heterocycles. The van der Waals surface area contributed by atoms with Crippen molar-refractivity contribution >= 4 is 11.3 Å². The van der Waals surface area contributed by atoms with Gasteiger partial charge in [0, 0.05) is 18.0 Å². The SMILES string of the molecule is CCCc1nc(CN2CCCCCC2CO)cs1. The molecular formula is C14H24N2OS. The first kappa shape index (κ1) is 14.0. The van der Waals surface area contributed by atoms with Gasteiger partial charge in [0.05, 0.1) is 17.3 Å². The summed E-state index contributed by atoms with van der Waals surface area (Å²) in [4.78, 5) is 7.10. The Morgan fingerprint density at radius 3 is 3.11 bits per heavy atom. The van der Waals surface area contributed by atoms with Crippen LogP contribution >= 0.6 is 11.3 Å². The van der Waals surface area contributed by atoms with Gasteiger partial charge >= 0.3 is 0 Å². The quantitative estimate of drug-likeness (QED) is 0.892. The van der Waals surface area contributed by atoms with E-state index in [1.807, 2.05) is 0 Å². The molecule has 0 aliphatic carbocycles. The van der Waals surface area contributed by atoms with Gasteiger partial charge in [-0.2, -0.15) is 0 Å². The van der Waals surface area contributed by atoms with E-state index in [0.29, 0.717) is 6.04 Å². The topological polar surface area (TPSA) is 36.4 Å². The molecule has 0 radical (unpaired) electrons. The Hall–Kier alpha value is -0.450. The maximum absolute atomic E-state index is 9.49. The first-order valence-corrected chi connectivity index (χ1v) is 7.99. The molecule has 18 heavy (non-hydrogen) atoms. The van der Waals surface area contributed by atoms with Crippen LogP contribution in [0.15, 0.2) is 5.38 Å². The van der Waals surface area contributed by atoms with Crippen molar-refractivity contribution in [1.82, 2.24) is 9.88 Å². The van der Waals surface area contributed by atoms with Crippen molar-refractivity contribution in [3.8, 4) is 0 Å². The summed E-state index contributed by atoms with van der Waals surface area (Å²) in [7, 11) is 0. The van der Waals surface area contributed by atoms with E-state index in [4.69, 9.17) is 0 Å². The molecule has 1 N–H and O–H groups in total. The van der Waals surface area contributed by atoms with E-state index in [0.717, 1.165) is 32.4 Å². The van der Waals surface area contributed by atoms with Gasteiger partial charge in [0.15, 0.2) is 0 Å². The fraction of sp³-hybridized carbons (Fsp3) is 0.786. The second-order valence-corrected chi connectivity index (χ2v) is 6.08. The molecule has 1 saturated heterocycles. The van der Waals surface area contributed by atoms with Gasteiger partial charge in [-0.1, -0.05) is 19.8 Å². The van der Waals surface area contributed by atoms with Gasteiger partial charge < -0.3 is 5.11 Å². The van der Waals surface area contributed by atoms with Gasteiger partial charge in [0.2, 0.25) is 0 Å². The van der Waals surface area contributed by atoms with Crippen molar-refractivity contribution in [3.05, 3.63) is 16.1 Å². The number of aliphatic hydroxyl groups excluding tert-OH is 1. The van der Waals surface area contributed by atoms with E-state index < -0.39 is 0 Å². The summed E-state index contributed by atoms with van der Waals surface area (Å²) in [6, 6.07) is 0.337. The largest absolute Gasteiger partial charge is 0.395 e. The fourth-order valence-corrected chi connectivity index (χ4v) is 3.50. The van der Waals surface area contributed by atoms with Crippen LogP contribution in [0.3, 0.4) is 0 Å². The molecule has 1 aliphatic heterocycles. The molecule has 1 aliphatic rings. The van der Waals surface area contributed by atoms with Crippen molar-refractivity contribution < 1.29 is 5.11 Å². The van der Waals surface area contributed by atoms with E-state index >= 15 is 0 Å². The third-order valence-corrected chi connectivity index (χ3v) is 4.60. The number of thiazole rings is 1. The molecule has 2 rings (SSSR count). The molecule has 0 bridgehead atoms. The second kappa shape index (κ2) is 7.22. The Morgan fingerprint density at radius 1 is 1.44 bits per heavy atom. The number of nitrogens with zero attached hydrogens (tertiary/aromatic N) is 2. The maximum Gasteiger partial charge on any atom is 0.0928 e. The van der Waals surface area contributed by atoms with Crippen LogP contribution in [0.25, 0.3) is 0 Å². The summed E-state index contributed by atoms with van der Waals surface area (Å²) in [5.74, 6) is 0. The highest BCUT2D eigenvalue weighted by molar-refractivity contribution is 7.09. The summed E-state index contributed by atoms with van der Waals surface area (Å²) in [5.41, 5.74) is 1.18. The van der Waals surface area contributed by atoms with Crippen LogP contribution in [0.2, 0.25) is 0 Å². The Bertz CT molecular complexity index is 353. The third-order valence-electron chi connectivity index (χ3n) is 3.64. The van der Waals surface area contributed by atoms with Crippen LogP contribution in [0.5, 0.6) is 0 Å². The standard InChI is InChI=1S/C14H24N2OS/c1-2-6-14-15-12(11-18-14)9-16-8-5-3-4-7-13(16)10-17/h11,13,17H,2-10H2,1H3. The van der Waals surface area contributed by atoms with Crippen molar-refractivity contribution in [1.29, 1.82) is 0 Å². The van der Waals surface area contributed by atoms with Crippen molar-refractivity contribution in [2.24, 2.45) is 0 Å². The molecule has 1 fully saturated rings. The Labute approximate surface area is 114 Å². The molecular weight excluding hydrogens is 244 g/mol. The van der Waals surface area contributed by atoms with Crippen LogP contribution < -0.4 is 0 Å². The molecule has 4 heteroatoms. The van der Waals surface area contributed by atoms with E-state index in [-0.39, 0.29) is 6.61 Å². The second-order valence-electron chi connectivity index (χ2n) is 5.14. The van der Waals surface area contributed by atoms with E-state index in [1.165, 1.54) is 30.0 Å². The summed E-state index contributed by atoms with van der Waals surface area (Å²) in [5, 5.41) is 12.9. The Balaban J connectivity index is 1.96. The minimum atomic E-state index is 0.284. The number of likely N-dealkylation sites (tertiary alicyclic amines) is 1. The predicted molar refractivity (Wildman–Crippen MR) is 75.9 cm³/mol. The lowest BCUT2D eigenvalue weighted by molar-refractivity contribution is 0.117. The molecule has 0 spiro atoms. The van der Waals surface area contributed by atoms with Gasteiger partial charge in [-0.15, -0.1) is 11.3 Å². The number of aryl methyl sites for hydroxylation is 1. The molecule has 0 saturated carbocycles. The molecule has 1 aromatic rings. The van der Waals surface area contributed by atoms with Gasteiger partial charge in [-0.3, -0.25) is 4.90 Å². The van der Waals surface area contributed by atoms with Gasteiger partial charge in [0.25, 0.3) is 0 Å². The van der Waals surface area contributed by atoms with Crippen LogP contribution in [-0.4, -0.2) is 34.2 Å². The van der Waals surface area contributed by atoms with Crippen molar-refractivity contribution in [3.63, 3.8) is 0 Å². The lowest BCUT2D eigenvalue weighted by atomic mass is 10.1. The van der Waals surface area contributed by atoms with E-state index in [1.54, 1.807) is 11.3 Å². The molecule has 0 aromatic carbocycles. The lowest BCUT2D eigenvalue weighted by Gasteiger charge is -2.27. The number of hydrogen-bond acceptors (Lipinski definition) is 4. The fourth-order valence-electron chi connectivity index (χ4n) is 2.61. The van der Waals surface area contributed by atoms with Gasteiger partial charge in [0.1, 0.15) is 0 Å². The Kier molecular flexibility index (Phi) is 5.60. The first-order valence-electron chi connectivity index (χ1n) is 7.11. The lowest BCUT2D eigenvalue weighted by Crippen LogP contribution is -2.37. The highest BCUT2D eigenvalue weighted by atomic mass is 32.1. The smallest absolute Gasteiger partial charge is 0.0928 e. The molecule has 1 unspecified atom stereocenters. The summed E-state index contributed by atoms with van der Waals surface area (Å²) in [6.45, 7) is 4.49. The monoisotopic (exact) mass is 268 g/mol. The third kappa shape index (κ3) is 3.77. The summed E-state index contributed by atoms with van der Waals surface area (Å²) in [6.07, 6.45) is 7.18. The Morgan fingerprint density at radius 2 is 2.33 bits per heavy atom. The molecule has 1 atom stereocenters. The first-order chi connectivity index (χ1) is 8.83. The van der Waals surface area contributed by atoms with Crippen molar-refractivity contribution in [2.75, 3.05) is 13.2 Å². The van der Waals surface area contributed by atoms with E-state index in [9.17, 15) is 5.11 Å².